The van der Waals surface area contributed by atoms with Crippen molar-refractivity contribution in [3.8, 4) is 0 Å². The lowest BCUT2D eigenvalue weighted by molar-refractivity contribution is 0.590. The van der Waals surface area contributed by atoms with Gasteiger partial charge >= 0.3 is 0 Å². The van der Waals surface area contributed by atoms with E-state index in [1.165, 1.54) is 11.1 Å². The first-order valence-electron chi connectivity index (χ1n) is 6.04. The van der Waals surface area contributed by atoms with E-state index >= 15 is 0 Å². The van der Waals surface area contributed by atoms with Crippen molar-refractivity contribution >= 4 is 10.2 Å². The summed E-state index contributed by atoms with van der Waals surface area (Å²) in [7, 11) is 2.08. The number of hydrogen-bond acceptors (Lipinski definition) is 0. The second-order valence-electron chi connectivity index (χ2n) is 5.24. The van der Waals surface area contributed by atoms with Gasteiger partial charge < -0.3 is 0 Å². The molecule has 0 amide bonds. The summed E-state index contributed by atoms with van der Waals surface area (Å²) < 4.78 is 0. The molecule has 0 spiro atoms. The molecule has 0 aromatic heterocycles. The van der Waals surface area contributed by atoms with Crippen LogP contribution in [0.4, 0.5) is 0 Å². The molecule has 0 atom stereocenters. The van der Waals surface area contributed by atoms with Crippen molar-refractivity contribution in [3.05, 3.63) is 71.8 Å². The molecule has 0 aliphatic rings. The van der Waals surface area contributed by atoms with Gasteiger partial charge in [-0.2, -0.15) is 0 Å². The highest BCUT2D eigenvalue weighted by molar-refractivity contribution is 6.15. The predicted molar refractivity (Wildman–Crippen MR) is 77.3 cm³/mol. The molecule has 0 nitrogen and oxygen atoms in total. The molecule has 0 bridgehead atoms. The second-order valence-corrected chi connectivity index (χ2v) is 7.07. The van der Waals surface area contributed by atoms with Crippen LogP contribution in [0.15, 0.2) is 60.7 Å². The summed E-state index contributed by atoms with van der Waals surface area (Å²) in [6, 6.07) is 21.6. The molecule has 87 valence electrons. The highest BCUT2D eigenvalue weighted by Gasteiger charge is 2.27. The average Bonchev–Trinajstić information content (AvgIpc) is 2.30. The van der Waals surface area contributed by atoms with Crippen molar-refractivity contribution in [3.63, 3.8) is 0 Å². The SMILES string of the molecule is CC(C)([SiH2])C(c1ccccc1)c1ccccc1. The van der Waals surface area contributed by atoms with E-state index in [9.17, 15) is 0 Å². The van der Waals surface area contributed by atoms with E-state index in [2.05, 4.69) is 84.8 Å². The summed E-state index contributed by atoms with van der Waals surface area (Å²) in [5.41, 5.74) is 2.80. The first kappa shape index (κ1) is 12.1. The Kier molecular flexibility index (Phi) is 3.48. The number of benzene rings is 2. The molecular weight excluding hydrogens is 220 g/mol. The zero-order chi connectivity index (χ0) is 12.3. The standard InChI is InChI=1S/C16H19Si/c1-16(2,17)15(13-9-5-3-6-10-13)14-11-7-4-8-12-14/h3-12,15H,17H2,1-2H3. The Morgan fingerprint density at radius 2 is 1.12 bits per heavy atom. The molecule has 1 heteroatoms. The molecule has 2 aromatic rings. The normalized spacial score (nSPS) is 11.8. The lowest BCUT2D eigenvalue weighted by atomic mass is 9.82. The Morgan fingerprint density at radius 3 is 1.41 bits per heavy atom. The molecule has 2 rings (SSSR count). The molecule has 17 heavy (non-hydrogen) atoms. The van der Waals surface area contributed by atoms with Crippen LogP contribution >= 0.6 is 0 Å². The van der Waals surface area contributed by atoms with Gasteiger partial charge in [-0.1, -0.05) is 74.5 Å². The van der Waals surface area contributed by atoms with Crippen LogP contribution in [-0.2, 0) is 0 Å². The minimum absolute atomic E-state index is 0.253. The molecular formula is C16H19Si. The van der Waals surface area contributed by atoms with Crippen molar-refractivity contribution in [1.82, 2.24) is 0 Å². The van der Waals surface area contributed by atoms with E-state index in [1.807, 2.05) is 0 Å². The van der Waals surface area contributed by atoms with E-state index in [0.29, 0.717) is 5.92 Å². The Morgan fingerprint density at radius 1 is 0.765 bits per heavy atom. The summed E-state index contributed by atoms with van der Waals surface area (Å²) in [5, 5.41) is 0.253. The van der Waals surface area contributed by atoms with Gasteiger partial charge in [-0.05, 0) is 16.2 Å². The number of hydrogen-bond donors (Lipinski definition) is 0. The molecule has 0 fully saturated rings. The van der Waals surface area contributed by atoms with Crippen molar-refractivity contribution in [2.75, 3.05) is 0 Å². The topological polar surface area (TPSA) is 0 Å². The monoisotopic (exact) mass is 239 g/mol. The first-order chi connectivity index (χ1) is 8.09. The quantitative estimate of drug-likeness (QED) is 0.717. The molecule has 0 heterocycles. The molecule has 0 saturated heterocycles. The van der Waals surface area contributed by atoms with E-state index in [4.69, 9.17) is 0 Å². The van der Waals surface area contributed by atoms with Crippen LogP contribution in [0, 0.1) is 0 Å². The minimum Gasteiger partial charge on any atom is -0.0623 e. The molecule has 0 saturated carbocycles. The van der Waals surface area contributed by atoms with Gasteiger partial charge in [0.05, 0.1) is 0 Å². The van der Waals surface area contributed by atoms with Gasteiger partial charge in [0, 0.05) is 16.2 Å². The molecule has 0 aliphatic carbocycles. The van der Waals surface area contributed by atoms with Gasteiger partial charge in [0.15, 0.2) is 0 Å². The van der Waals surface area contributed by atoms with Crippen molar-refractivity contribution < 1.29 is 0 Å². The highest BCUT2D eigenvalue weighted by Crippen LogP contribution is 2.43. The fraction of sp³-hybridized carbons (Fsp3) is 0.250. The van der Waals surface area contributed by atoms with Crippen LogP contribution in [-0.4, -0.2) is 10.2 Å². The lowest BCUT2D eigenvalue weighted by Crippen LogP contribution is -2.16. The maximum Gasteiger partial charge on any atom is 0.0168 e. The summed E-state index contributed by atoms with van der Waals surface area (Å²) in [6.07, 6.45) is 0. The van der Waals surface area contributed by atoms with Gasteiger partial charge in [0.25, 0.3) is 0 Å². The van der Waals surface area contributed by atoms with Gasteiger partial charge in [-0.15, -0.1) is 0 Å². The third-order valence-electron chi connectivity index (χ3n) is 3.05. The molecule has 1 radical (unpaired) electrons. The van der Waals surface area contributed by atoms with E-state index in [1.54, 1.807) is 0 Å². The van der Waals surface area contributed by atoms with E-state index in [-0.39, 0.29) is 5.04 Å². The third kappa shape index (κ3) is 2.86. The van der Waals surface area contributed by atoms with Crippen molar-refractivity contribution in [1.29, 1.82) is 0 Å². The minimum atomic E-state index is 0.253. The molecule has 0 aliphatic heterocycles. The van der Waals surface area contributed by atoms with Crippen LogP contribution in [0.3, 0.4) is 0 Å². The van der Waals surface area contributed by atoms with Crippen molar-refractivity contribution in [2.45, 2.75) is 24.8 Å². The molecule has 0 unspecified atom stereocenters. The van der Waals surface area contributed by atoms with Crippen molar-refractivity contribution in [2.24, 2.45) is 0 Å². The maximum atomic E-state index is 2.32. The summed E-state index contributed by atoms with van der Waals surface area (Å²) in [6.45, 7) is 4.63. The second kappa shape index (κ2) is 4.88. The highest BCUT2D eigenvalue weighted by atomic mass is 28.1. The van der Waals surface area contributed by atoms with Gasteiger partial charge in [0.2, 0.25) is 0 Å². The van der Waals surface area contributed by atoms with E-state index in [0.717, 1.165) is 0 Å². The molecule has 2 aromatic carbocycles. The zero-order valence-corrected chi connectivity index (χ0v) is 12.0. The van der Waals surface area contributed by atoms with Crippen LogP contribution in [0.25, 0.3) is 0 Å². The van der Waals surface area contributed by atoms with Gasteiger partial charge in [-0.25, -0.2) is 0 Å². The molecule has 0 N–H and O–H groups in total. The largest absolute Gasteiger partial charge is 0.0623 e. The summed E-state index contributed by atoms with van der Waals surface area (Å²) >= 11 is 0. The maximum absolute atomic E-state index is 2.32. The number of rotatable bonds is 3. The Balaban J connectivity index is 2.48. The van der Waals surface area contributed by atoms with Crippen LogP contribution in [0.1, 0.15) is 30.9 Å². The lowest BCUT2D eigenvalue weighted by Gasteiger charge is -2.31. The Bertz CT molecular complexity index is 414. The van der Waals surface area contributed by atoms with Crippen LogP contribution < -0.4 is 0 Å². The summed E-state index contributed by atoms with van der Waals surface area (Å²) in [5.74, 6) is 0.461. The zero-order valence-electron chi connectivity index (χ0n) is 10.6. The van der Waals surface area contributed by atoms with Gasteiger partial charge in [0.1, 0.15) is 0 Å². The van der Waals surface area contributed by atoms with Crippen LogP contribution in [0.5, 0.6) is 0 Å². The fourth-order valence-corrected chi connectivity index (χ4v) is 2.86. The Labute approximate surface area is 107 Å². The first-order valence-corrected chi connectivity index (χ1v) is 6.75. The summed E-state index contributed by atoms with van der Waals surface area (Å²) in [4.78, 5) is 0. The average molecular weight is 239 g/mol. The smallest absolute Gasteiger partial charge is 0.0168 e. The van der Waals surface area contributed by atoms with E-state index < -0.39 is 0 Å². The third-order valence-corrected chi connectivity index (χ3v) is 3.46. The van der Waals surface area contributed by atoms with Gasteiger partial charge in [-0.3, -0.25) is 0 Å². The Hall–Kier alpha value is -1.34. The van der Waals surface area contributed by atoms with Crippen LogP contribution in [0.2, 0.25) is 5.04 Å². The fourth-order valence-electron chi connectivity index (χ4n) is 2.39. The predicted octanol–water partition coefficient (Wildman–Crippen LogP) is 3.65.